The molecule has 0 saturated heterocycles. The Labute approximate surface area is 136 Å². The van der Waals surface area contributed by atoms with Gasteiger partial charge >= 0.3 is 16.8 Å². The molecule has 0 aromatic carbocycles. The second-order valence-electron chi connectivity index (χ2n) is 3.86. The van der Waals surface area contributed by atoms with Crippen molar-refractivity contribution in [1.82, 2.24) is 10.6 Å². The summed E-state index contributed by atoms with van der Waals surface area (Å²) in [4.78, 5) is 43.4. The summed E-state index contributed by atoms with van der Waals surface area (Å²) in [5.74, 6) is -4.35. The fraction of sp³-hybridized carbons (Fsp3) is 0.600. The number of hydrogen-bond donors (Lipinski definition) is 4. The van der Waals surface area contributed by atoms with E-state index in [1.54, 1.807) is 0 Å². The van der Waals surface area contributed by atoms with Crippen LogP contribution in [0.5, 0.6) is 0 Å². The van der Waals surface area contributed by atoms with E-state index in [9.17, 15) is 29.4 Å². The van der Waals surface area contributed by atoms with Gasteiger partial charge in [0, 0.05) is 18.2 Å². The summed E-state index contributed by atoms with van der Waals surface area (Å²) in [5, 5.41) is 24.8. The number of nitrogens with two attached hydrogens (primary N) is 1. The molecule has 0 fully saturated rings. The summed E-state index contributed by atoms with van der Waals surface area (Å²) in [6.07, 6.45) is -0.360. The van der Waals surface area contributed by atoms with Gasteiger partial charge in [0.25, 0.3) is 0 Å². The van der Waals surface area contributed by atoms with Gasteiger partial charge < -0.3 is 36.2 Å². The summed E-state index contributed by atoms with van der Waals surface area (Å²) in [5.41, 5.74) is 5.16. The minimum absolute atomic E-state index is 0. The minimum Gasteiger partial charge on any atom is -0.548 e. The zero-order valence-electron chi connectivity index (χ0n) is 10.8. The number of thiol groups is 1. The molecule has 0 aromatic heterocycles. The Morgan fingerprint density at radius 1 is 1.19 bits per heavy atom. The Bertz CT molecular complexity index is 395. The van der Waals surface area contributed by atoms with Crippen LogP contribution in [0.15, 0.2) is 0 Å². The SMILES string of the molecule is NC(CCC(=O)NC(CS)C(=O)NCC(=O)[O-])C(=O)[O-].[Co+2]. The van der Waals surface area contributed by atoms with Gasteiger partial charge in [-0.05, 0) is 6.42 Å². The van der Waals surface area contributed by atoms with Crippen LogP contribution < -0.4 is 26.6 Å². The summed E-state index contributed by atoms with van der Waals surface area (Å²) >= 11 is 3.85. The first kappa shape index (κ1) is 22.0. The van der Waals surface area contributed by atoms with Gasteiger partial charge in [0.05, 0.1) is 18.5 Å². The molecule has 2 unspecified atom stereocenters. The molecule has 0 aliphatic rings. The zero-order chi connectivity index (χ0) is 15.7. The Morgan fingerprint density at radius 2 is 1.76 bits per heavy atom. The number of carboxylic acids is 2. The summed E-state index contributed by atoms with van der Waals surface area (Å²) in [6, 6.07) is -2.31. The second kappa shape index (κ2) is 11.4. The normalized spacial score (nSPS) is 12.5. The number of hydrogen-bond acceptors (Lipinski definition) is 8. The Kier molecular flexibility index (Phi) is 11.9. The molecule has 0 rings (SSSR count). The Hall–Kier alpha value is -1.30. The molecule has 121 valence electrons. The number of amides is 2. The van der Waals surface area contributed by atoms with Gasteiger partial charge in [-0.25, -0.2) is 0 Å². The predicted molar refractivity (Wildman–Crippen MR) is 66.0 cm³/mol. The Morgan fingerprint density at radius 3 is 2.19 bits per heavy atom. The van der Waals surface area contributed by atoms with Crippen molar-refractivity contribution in [3.8, 4) is 0 Å². The van der Waals surface area contributed by atoms with E-state index < -0.39 is 42.4 Å². The number of nitrogens with one attached hydrogen (secondary N) is 2. The van der Waals surface area contributed by atoms with Crippen molar-refractivity contribution >= 4 is 36.4 Å². The standard InChI is InChI=1S/C10H17N3O6S.Co/c11-5(10(18)19)1-2-7(14)13-6(4-20)9(17)12-3-8(15)16;/h5-6,20H,1-4,11H2,(H,12,17)(H,13,14)(H,15,16)(H,18,19);/q;+2/p-2. The van der Waals surface area contributed by atoms with Gasteiger partial charge in [-0.3, -0.25) is 9.59 Å². The van der Waals surface area contributed by atoms with Crippen molar-refractivity contribution < 1.29 is 46.2 Å². The molecule has 9 nitrogen and oxygen atoms in total. The van der Waals surface area contributed by atoms with Crippen LogP contribution in [0.3, 0.4) is 0 Å². The van der Waals surface area contributed by atoms with Gasteiger partial charge in [-0.1, -0.05) is 0 Å². The van der Waals surface area contributed by atoms with Crippen molar-refractivity contribution in [2.24, 2.45) is 5.73 Å². The van der Waals surface area contributed by atoms with Crippen molar-refractivity contribution in [3.63, 3.8) is 0 Å². The first-order valence-electron chi connectivity index (χ1n) is 5.62. The smallest absolute Gasteiger partial charge is 0.548 e. The largest absolute Gasteiger partial charge is 2.00 e. The molecular weight excluding hydrogens is 349 g/mol. The van der Waals surface area contributed by atoms with Crippen LogP contribution in [0.2, 0.25) is 0 Å². The maximum Gasteiger partial charge on any atom is 2.00 e. The summed E-state index contributed by atoms with van der Waals surface area (Å²) in [6.45, 7) is -0.686. The molecule has 2 amide bonds. The van der Waals surface area contributed by atoms with Crippen LogP contribution in [0, 0.1) is 0 Å². The third-order valence-corrected chi connectivity index (χ3v) is 2.59. The van der Waals surface area contributed by atoms with Crippen LogP contribution >= 0.6 is 12.6 Å². The second-order valence-corrected chi connectivity index (χ2v) is 4.22. The average Bonchev–Trinajstić information content (AvgIpc) is 2.38. The summed E-state index contributed by atoms with van der Waals surface area (Å²) < 4.78 is 0. The van der Waals surface area contributed by atoms with E-state index in [0.29, 0.717) is 0 Å². The van der Waals surface area contributed by atoms with Crippen molar-refractivity contribution in [2.45, 2.75) is 24.9 Å². The first-order valence-corrected chi connectivity index (χ1v) is 6.25. The van der Waals surface area contributed by atoms with Crippen LogP contribution in [0.25, 0.3) is 0 Å². The molecule has 2 atom stereocenters. The molecule has 0 aliphatic carbocycles. The molecular formula is C10H15CoN3O6S. The third-order valence-electron chi connectivity index (χ3n) is 2.23. The quantitative estimate of drug-likeness (QED) is 0.298. The molecule has 0 aliphatic heterocycles. The molecule has 0 saturated carbocycles. The zero-order valence-corrected chi connectivity index (χ0v) is 12.7. The van der Waals surface area contributed by atoms with Crippen molar-refractivity contribution in [1.29, 1.82) is 0 Å². The van der Waals surface area contributed by atoms with E-state index in [4.69, 9.17) is 5.73 Å². The summed E-state index contributed by atoms with van der Waals surface area (Å²) in [7, 11) is 0. The third kappa shape index (κ3) is 10.1. The van der Waals surface area contributed by atoms with Crippen LogP contribution in [0.1, 0.15) is 12.8 Å². The molecule has 11 heteroatoms. The number of carbonyl (C=O) groups excluding carboxylic acids is 4. The van der Waals surface area contributed by atoms with Crippen LogP contribution in [-0.2, 0) is 36.0 Å². The number of carbonyl (C=O) groups is 4. The molecule has 1 radical (unpaired) electrons. The van der Waals surface area contributed by atoms with Gasteiger partial charge in [0.1, 0.15) is 6.04 Å². The number of aliphatic carboxylic acids is 2. The molecule has 0 aromatic rings. The average molecular weight is 364 g/mol. The monoisotopic (exact) mass is 364 g/mol. The maximum absolute atomic E-state index is 11.5. The fourth-order valence-corrected chi connectivity index (χ4v) is 1.40. The molecule has 0 bridgehead atoms. The van der Waals surface area contributed by atoms with Gasteiger partial charge in [0.2, 0.25) is 11.8 Å². The van der Waals surface area contributed by atoms with E-state index in [2.05, 4.69) is 17.9 Å². The van der Waals surface area contributed by atoms with Gasteiger partial charge in [-0.2, -0.15) is 12.6 Å². The van der Waals surface area contributed by atoms with E-state index >= 15 is 0 Å². The molecule has 0 spiro atoms. The number of rotatable bonds is 9. The maximum atomic E-state index is 11.5. The van der Waals surface area contributed by atoms with E-state index in [1.807, 2.05) is 5.32 Å². The number of carboxylic acid groups (broad SMARTS) is 2. The van der Waals surface area contributed by atoms with Crippen LogP contribution in [0.4, 0.5) is 0 Å². The van der Waals surface area contributed by atoms with Crippen LogP contribution in [-0.4, -0.2) is 48.1 Å². The molecule has 4 N–H and O–H groups in total. The van der Waals surface area contributed by atoms with E-state index in [0.717, 1.165) is 0 Å². The van der Waals surface area contributed by atoms with E-state index in [1.165, 1.54) is 0 Å². The Balaban J connectivity index is 0. The van der Waals surface area contributed by atoms with Crippen molar-refractivity contribution in [3.05, 3.63) is 0 Å². The first-order chi connectivity index (χ1) is 9.27. The topological polar surface area (TPSA) is 164 Å². The molecule has 0 heterocycles. The van der Waals surface area contributed by atoms with Gasteiger partial charge in [0.15, 0.2) is 0 Å². The molecule has 21 heavy (non-hydrogen) atoms. The van der Waals surface area contributed by atoms with Gasteiger partial charge in [-0.15, -0.1) is 0 Å². The minimum atomic E-state index is -1.48. The predicted octanol–water partition coefficient (Wildman–Crippen LogP) is -4.88. The van der Waals surface area contributed by atoms with Crippen molar-refractivity contribution in [2.75, 3.05) is 12.3 Å². The fourth-order valence-electron chi connectivity index (χ4n) is 1.15. The van der Waals surface area contributed by atoms with E-state index in [-0.39, 0.29) is 35.4 Å².